The number of esters is 1. The second-order valence-electron chi connectivity index (χ2n) is 4.40. The minimum absolute atomic E-state index is 0.328. The predicted molar refractivity (Wildman–Crippen MR) is 79.6 cm³/mol. The number of nitrogens with one attached hydrogen (secondary N) is 1. The van der Waals surface area contributed by atoms with Crippen LogP contribution < -0.4 is 11.1 Å². The van der Waals surface area contributed by atoms with Gasteiger partial charge < -0.3 is 20.5 Å². The fourth-order valence-corrected chi connectivity index (χ4v) is 1.82. The number of nitrogen functional groups attached to an aromatic ring is 1. The molecular formula is C14H18N4O3. The van der Waals surface area contributed by atoms with Gasteiger partial charge in [-0.25, -0.2) is 4.79 Å². The number of nitrogens with zero attached hydrogens (tertiary/aromatic N) is 2. The van der Waals surface area contributed by atoms with E-state index in [1.807, 2.05) is 6.20 Å². The van der Waals surface area contributed by atoms with Crippen molar-refractivity contribution in [3.63, 3.8) is 0 Å². The summed E-state index contributed by atoms with van der Waals surface area (Å²) in [6.45, 7) is 1.27. The maximum Gasteiger partial charge on any atom is 0.340 e. The van der Waals surface area contributed by atoms with Crippen molar-refractivity contribution in [2.24, 2.45) is 0 Å². The number of carbonyl (C=O) groups excluding carboxylic acids is 1. The van der Waals surface area contributed by atoms with E-state index in [9.17, 15) is 4.79 Å². The number of anilines is 3. The second-order valence-corrected chi connectivity index (χ2v) is 4.40. The zero-order chi connectivity index (χ0) is 15.2. The van der Waals surface area contributed by atoms with Crippen molar-refractivity contribution in [2.75, 3.05) is 31.9 Å². The number of methoxy groups -OCH3 is 2. The molecule has 0 aliphatic carbocycles. The second kappa shape index (κ2) is 6.76. The minimum Gasteiger partial charge on any atom is -0.465 e. The summed E-state index contributed by atoms with van der Waals surface area (Å²) in [5, 5.41) is 7.36. The highest BCUT2D eigenvalue weighted by Crippen LogP contribution is 2.22. The van der Waals surface area contributed by atoms with E-state index in [1.165, 1.54) is 7.11 Å². The molecule has 0 radical (unpaired) electrons. The van der Waals surface area contributed by atoms with Crippen molar-refractivity contribution in [3.05, 3.63) is 36.2 Å². The number of benzene rings is 1. The Balaban J connectivity index is 2.12. The molecule has 1 heterocycles. The van der Waals surface area contributed by atoms with Gasteiger partial charge in [-0.1, -0.05) is 0 Å². The molecule has 0 atom stereocenters. The molecule has 0 amide bonds. The number of hydrogen-bond donors (Lipinski definition) is 2. The Morgan fingerprint density at radius 1 is 1.38 bits per heavy atom. The van der Waals surface area contributed by atoms with E-state index in [0.717, 1.165) is 11.4 Å². The Morgan fingerprint density at radius 3 is 2.90 bits per heavy atom. The van der Waals surface area contributed by atoms with Crippen LogP contribution in [0.3, 0.4) is 0 Å². The maximum absolute atomic E-state index is 11.6. The Bertz CT molecular complexity index is 624. The smallest absolute Gasteiger partial charge is 0.340 e. The normalized spacial score (nSPS) is 10.4. The van der Waals surface area contributed by atoms with E-state index in [1.54, 1.807) is 36.2 Å². The lowest BCUT2D eigenvalue weighted by Gasteiger charge is -2.08. The molecule has 1 aromatic heterocycles. The van der Waals surface area contributed by atoms with Crippen LogP contribution in [-0.4, -0.2) is 36.6 Å². The Hall–Kier alpha value is -2.54. The molecule has 2 rings (SSSR count). The molecule has 1 aromatic carbocycles. The standard InChI is InChI=1S/C14H18N4O3/c1-20-6-5-18-9-11(8-16-18)17-10-3-4-13(15)12(7-10)14(19)21-2/h3-4,7-9,17H,5-6,15H2,1-2H3. The molecular weight excluding hydrogens is 272 g/mol. The minimum atomic E-state index is -0.466. The van der Waals surface area contributed by atoms with Crippen molar-refractivity contribution >= 4 is 23.0 Å². The number of ether oxygens (including phenoxy) is 2. The fourth-order valence-electron chi connectivity index (χ4n) is 1.82. The van der Waals surface area contributed by atoms with Crippen LogP contribution in [0.2, 0.25) is 0 Å². The Morgan fingerprint density at radius 2 is 2.19 bits per heavy atom. The highest BCUT2D eigenvalue weighted by Gasteiger charge is 2.11. The molecule has 21 heavy (non-hydrogen) atoms. The summed E-state index contributed by atoms with van der Waals surface area (Å²) < 4.78 is 11.5. The lowest BCUT2D eigenvalue weighted by molar-refractivity contribution is 0.0602. The van der Waals surface area contributed by atoms with Crippen LogP contribution in [0.4, 0.5) is 17.1 Å². The van der Waals surface area contributed by atoms with E-state index in [0.29, 0.717) is 24.4 Å². The van der Waals surface area contributed by atoms with Gasteiger partial charge >= 0.3 is 5.97 Å². The third kappa shape index (κ3) is 3.73. The molecule has 7 nitrogen and oxygen atoms in total. The lowest BCUT2D eigenvalue weighted by atomic mass is 10.1. The Kier molecular flexibility index (Phi) is 4.78. The van der Waals surface area contributed by atoms with Crippen LogP contribution >= 0.6 is 0 Å². The van der Waals surface area contributed by atoms with E-state index < -0.39 is 5.97 Å². The first-order valence-corrected chi connectivity index (χ1v) is 6.40. The largest absolute Gasteiger partial charge is 0.465 e. The molecule has 0 aliphatic rings. The van der Waals surface area contributed by atoms with Crippen LogP contribution in [-0.2, 0) is 16.0 Å². The number of rotatable bonds is 6. The van der Waals surface area contributed by atoms with Crippen molar-refractivity contribution < 1.29 is 14.3 Å². The lowest BCUT2D eigenvalue weighted by Crippen LogP contribution is -2.06. The summed E-state index contributed by atoms with van der Waals surface area (Å²) in [6, 6.07) is 5.09. The molecule has 0 aliphatic heterocycles. The van der Waals surface area contributed by atoms with Gasteiger partial charge in [0.1, 0.15) is 0 Å². The summed E-state index contributed by atoms with van der Waals surface area (Å²) in [6.07, 6.45) is 3.55. The molecule has 0 unspecified atom stereocenters. The molecule has 0 spiro atoms. The average Bonchev–Trinajstić information content (AvgIpc) is 2.93. The zero-order valence-corrected chi connectivity index (χ0v) is 12.0. The molecule has 0 bridgehead atoms. The summed E-state index contributed by atoms with van der Waals surface area (Å²) in [7, 11) is 2.97. The van der Waals surface area contributed by atoms with Gasteiger partial charge in [-0.05, 0) is 18.2 Å². The van der Waals surface area contributed by atoms with Gasteiger partial charge in [0, 0.05) is 24.7 Å². The first-order chi connectivity index (χ1) is 10.1. The van der Waals surface area contributed by atoms with Crippen molar-refractivity contribution in [1.29, 1.82) is 0 Å². The van der Waals surface area contributed by atoms with Gasteiger partial charge in [0.25, 0.3) is 0 Å². The monoisotopic (exact) mass is 290 g/mol. The molecule has 112 valence electrons. The Labute approximate surface area is 122 Å². The first kappa shape index (κ1) is 14.9. The fraction of sp³-hybridized carbons (Fsp3) is 0.286. The number of hydrogen-bond acceptors (Lipinski definition) is 6. The SMILES string of the molecule is COCCn1cc(Nc2ccc(N)c(C(=O)OC)c2)cn1. The number of nitrogens with two attached hydrogens (primary N) is 1. The predicted octanol–water partition coefficient (Wildman–Crippen LogP) is 1.64. The average molecular weight is 290 g/mol. The van der Waals surface area contributed by atoms with E-state index in [2.05, 4.69) is 10.4 Å². The maximum atomic E-state index is 11.6. The number of carbonyl (C=O) groups is 1. The van der Waals surface area contributed by atoms with Crippen molar-refractivity contribution in [3.8, 4) is 0 Å². The molecule has 0 saturated heterocycles. The van der Waals surface area contributed by atoms with E-state index >= 15 is 0 Å². The third-order valence-electron chi connectivity index (χ3n) is 2.91. The summed E-state index contributed by atoms with van der Waals surface area (Å²) in [5.41, 5.74) is 8.01. The third-order valence-corrected chi connectivity index (χ3v) is 2.91. The van der Waals surface area contributed by atoms with Crippen LogP contribution in [0, 0.1) is 0 Å². The highest BCUT2D eigenvalue weighted by molar-refractivity contribution is 5.96. The summed E-state index contributed by atoms with van der Waals surface area (Å²) >= 11 is 0. The zero-order valence-electron chi connectivity index (χ0n) is 12.0. The quantitative estimate of drug-likeness (QED) is 0.621. The molecule has 0 fully saturated rings. The van der Waals surface area contributed by atoms with Crippen LogP contribution in [0.5, 0.6) is 0 Å². The molecule has 7 heteroatoms. The van der Waals surface area contributed by atoms with E-state index in [-0.39, 0.29) is 0 Å². The van der Waals surface area contributed by atoms with Gasteiger partial charge in [0.05, 0.1) is 37.7 Å². The summed E-state index contributed by atoms with van der Waals surface area (Å²) in [5.74, 6) is -0.466. The van der Waals surface area contributed by atoms with Gasteiger partial charge in [0.15, 0.2) is 0 Å². The van der Waals surface area contributed by atoms with Gasteiger partial charge in [-0.2, -0.15) is 5.10 Å². The number of aromatic nitrogens is 2. The van der Waals surface area contributed by atoms with E-state index in [4.69, 9.17) is 15.2 Å². The van der Waals surface area contributed by atoms with Crippen molar-refractivity contribution in [2.45, 2.75) is 6.54 Å². The highest BCUT2D eigenvalue weighted by atomic mass is 16.5. The van der Waals surface area contributed by atoms with Crippen LogP contribution in [0.1, 0.15) is 10.4 Å². The van der Waals surface area contributed by atoms with Crippen molar-refractivity contribution in [1.82, 2.24) is 9.78 Å². The first-order valence-electron chi connectivity index (χ1n) is 6.40. The molecule has 2 aromatic rings. The van der Waals surface area contributed by atoms with Gasteiger partial charge in [-0.3, -0.25) is 4.68 Å². The van der Waals surface area contributed by atoms with Gasteiger partial charge in [0.2, 0.25) is 0 Å². The summed E-state index contributed by atoms with van der Waals surface area (Å²) in [4.78, 5) is 11.6. The van der Waals surface area contributed by atoms with Gasteiger partial charge in [-0.15, -0.1) is 0 Å². The van der Waals surface area contributed by atoms with Crippen LogP contribution in [0.25, 0.3) is 0 Å². The molecule has 0 saturated carbocycles. The van der Waals surface area contributed by atoms with Crippen LogP contribution in [0.15, 0.2) is 30.6 Å². The topological polar surface area (TPSA) is 91.4 Å². The molecule has 3 N–H and O–H groups in total.